The molecule has 2 aromatic rings. The Balaban J connectivity index is 1.56. The van der Waals surface area contributed by atoms with Gasteiger partial charge in [-0.05, 0) is 11.6 Å². The van der Waals surface area contributed by atoms with Gasteiger partial charge in [-0.15, -0.1) is 0 Å². The lowest BCUT2D eigenvalue weighted by Crippen LogP contribution is -2.35. The number of amides is 2. The van der Waals surface area contributed by atoms with Crippen LogP contribution in [0.2, 0.25) is 0 Å². The topological polar surface area (TPSA) is 88.7 Å². The van der Waals surface area contributed by atoms with Crippen molar-refractivity contribution in [3.05, 3.63) is 36.0 Å². The molecule has 1 aromatic carbocycles. The average Bonchev–Trinajstić information content (AvgIpc) is 3.12. The van der Waals surface area contributed by atoms with Crippen molar-refractivity contribution in [1.82, 2.24) is 9.88 Å². The second-order valence-electron chi connectivity index (χ2n) is 4.86. The van der Waals surface area contributed by atoms with Crippen LogP contribution in [0.25, 0.3) is 10.9 Å². The number of rotatable bonds is 4. The van der Waals surface area contributed by atoms with Gasteiger partial charge >= 0.3 is 12.1 Å². The number of para-hydroxylation sites is 1. The van der Waals surface area contributed by atoms with Crippen molar-refractivity contribution in [3.63, 3.8) is 0 Å². The van der Waals surface area contributed by atoms with Gasteiger partial charge in [-0.3, -0.25) is 9.59 Å². The first-order valence-electron chi connectivity index (χ1n) is 6.83. The van der Waals surface area contributed by atoms with Crippen LogP contribution in [0, 0.1) is 0 Å². The number of aromatic nitrogens is 1. The summed E-state index contributed by atoms with van der Waals surface area (Å²) in [7, 11) is 0. The van der Waals surface area contributed by atoms with E-state index in [-0.39, 0.29) is 19.6 Å². The highest BCUT2D eigenvalue weighted by Crippen LogP contribution is 2.18. The molecule has 1 aliphatic rings. The Morgan fingerprint density at radius 3 is 2.91 bits per heavy atom. The van der Waals surface area contributed by atoms with Gasteiger partial charge in [-0.25, -0.2) is 9.69 Å². The molecule has 0 spiro atoms. The summed E-state index contributed by atoms with van der Waals surface area (Å²) in [6.45, 7) is -0.0954. The van der Waals surface area contributed by atoms with Crippen LogP contribution >= 0.6 is 0 Å². The monoisotopic (exact) mass is 302 g/mol. The molecule has 2 amide bonds. The van der Waals surface area contributed by atoms with Crippen molar-refractivity contribution in [2.24, 2.45) is 0 Å². The first kappa shape index (κ1) is 14.1. The maximum absolute atomic E-state index is 11.8. The van der Waals surface area contributed by atoms with Crippen molar-refractivity contribution in [1.29, 1.82) is 0 Å². The van der Waals surface area contributed by atoms with Crippen LogP contribution in [0.3, 0.4) is 0 Å². The lowest BCUT2D eigenvalue weighted by molar-refractivity contribution is -0.150. The lowest BCUT2D eigenvalue weighted by Gasteiger charge is -2.10. The molecule has 7 heteroatoms. The highest BCUT2D eigenvalue weighted by Gasteiger charge is 2.28. The summed E-state index contributed by atoms with van der Waals surface area (Å²) in [5.74, 6) is -1.10. The minimum atomic E-state index is -0.697. The molecule has 114 valence electrons. The summed E-state index contributed by atoms with van der Waals surface area (Å²) < 4.78 is 9.58. The molecule has 1 fully saturated rings. The molecule has 0 bridgehead atoms. The average molecular weight is 302 g/mol. The Hall–Kier alpha value is -2.83. The number of hydrogen-bond acceptors (Lipinski definition) is 5. The van der Waals surface area contributed by atoms with E-state index < -0.39 is 24.6 Å². The molecule has 0 radical (unpaired) electrons. The van der Waals surface area contributed by atoms with Crippen molar-refractivity contribution < 1.29 is 23.9 Å². The summed E-state index contributed by atoms with van der Waals surface area (Å²) in [5, 5.41) is 0.939. The van der Waals surface area contributed by atoms with Gasteiger partial charge in [-0.1, -0.05) is 18.2 Å². The third-order valence-electron chi connectivity index (χ3n) is 3.43. The zero-order valence-corrected chi connectivity index (χ0v) is 11.7. The summed E-state index contributed by atoms with van der Waals surface area (Å²) >= 11 is 0. The largest absolute Gasteiger partial charge is 0.455 e. The van der Waals surface area contributed by atoms with E-state index in [1.54, 1.807) is 6.20 Å². The van der Waals surface area contributed by atoms with Crippen LogP contribution in [0.15, 0.2) is 30.5 Å². The molecule has 1 aliphatic heterocycles. The van der Waals surface area contributed by atoms with Crippen LogP contribution in [0.4, 0.5) is 4.79 Å². The summed E-state index contributed by atoms with van der Waals surface area (Å²) in [4.78, 5) is 38.7. The maximum atomic E-state index is 11.8. The predicted octanol–water partition coefficient (Wildman–Crippen LogP) is 1.23. The van der Waals surface area contributed by atoms with Crippen molar-refractivity contribution in [2.75, 3.05) is 19.8 Å². The Labute approximate surface area is 125 Å². The number of hydrogen-bond donors (Lipinski definition) is 1. The quantitative estimate of drug-likeness (QED) is 0.858. The number of benzene rings is 1. The number of carbonyl (C=O) groups is 3. The van der Waals surface area contributed by atoms with E-state index in [9.17, 15) is 14.4 Å². The molecular weight excluding hydrogens is 288 g/mol. The van der Waals surface area contributed by atoms with E-state index >= 15 is 0 Å². The van der Waals surface area contributed by atoms with E-state index in [0.29, 0.717) is 0 Å². The molecule has 1 saturated heterocycles. The van der Waals surface area contributed by atoms with Gasteiger partial charge < -0.3 is 14.5 Å². The van der Waals surface area contributed by atoms with Gasteiger partial charge in [0, 0.05) is 17.1 Å². The first-order valence-corrected chi connectivity index (χ1v) is 6.83. The summed E-state index contributed by atoms with van der Waals surface area (Å²) in [6, 6.07) is 7.59. The number of imide groups is 1. The maximum Gasteiger partial charge on any atom is 0.416 e. The number of fused-ring (bicyclic) bond motifs is 1. The Bertz CT molecular complexity index is 736. The van der Waals surface area contributed by atoms with Gasteiger partial charge in [0.05, 0.1) is 13.0 Å². The van der Waals surface area contributed by atoms with Crippen LogP contribution in [-0.4, -0.2) is 47.6 Å². The van der Waals surface area contributed by atoms with Crippen LogP contribution < -0.4 is 0 Å². The van der Waals surface area contributed by atoms with Crippen LogP contribution in [0.5, 0.6) is 0 Å². The number of H-pyrrole nitrogens is 1. The minimum Gasteiger partial charge on any atom is -0.455 e. The van der Waals surface area contributed by atoms with Gasteiger partial charge in [0.15, 0.2) is 6.61 Å². The molecule has 0 aliphatic carbocycles. The Morgan fingerprint density at radius 1 is 1.32 bits per heavy atom. The Kier molecular flexibility index (Phi) is 3.78. The highest BCUT2D eigenvalue weighted by atomic mass is 16.6. The number of cyclic esters (lactones) is 1. The fourth-order valence-electron chi connectivity index (χ4n) is 2.32. The SMILES string of the molecule is O=C(Cc1c[nH]c2ccccc12)OCC(=O)N1CCOC1=O. The third kappa shape index (κ3) is 2.78. The second-order valence-corrected chi connectivity index (χ2v) is 4.86. The zero-order chi connectivity index (χ0) is 15.5. The van der Waals surface area contributed by atoms with Gasteiger partial charge in [0.1, 0.15) is 6.61 Å². The van der Waals surface area contributed by atoms with E-state index in [2.05, 4.69) is 9.72 Å². The van der Waals surface area contributed by atoms with E-state index in [1.807, 2.05) is 24.3 Å². The normalized spacial score (nSPS) is 14.2. The summed E-state index contributed by atoms with van der Waals surface area (Å²) in [5.41, 5.74) is 1.73. The van der Waals surface area contributed by atoms with Crippen LogP contribution in [-0.2, 0) is 25.5 Å². The summed E-state index contributed by atoms with van der Waals surface area (Å²) in [6.07, 6.45) is 1.10. The third-order valence-corrected chi connectivity index (χ3v) is 3.43. The second kappa shape index (κ2) is 5.88. The van der Waals surface area contributed by atoms with E-state index in [0.717, 1.165) is 21.4 Å². The molecular formula is C15H14N2O5. The van der Waals surface area contributed by atoms with E-state index in [4.69, 9.17) is 4.74 Å². The van der Waals surface area contributed by atoms with Gasteiger partial charge in [-0.2, -0.15) is 0 Å². The number of nitrogens with zero attached hydrogens (tertiary/aromatic N) is 1. The fraction of sp³-hybridized carbons (Fsp3) is 0.267. The number of aromatic amines is 1. The molecule has 0 saturated carbocycles. The van der Waals surface area contributed by atoms with Gasteiger partial charge in [0.2, 0.25) is 0 Å². The molecule has 2 heterocycles. The minimum absolute atomic E-state index is 0.0573. The number of esters is 1. The predicted molar refractivity (Wildman–Crippen MR) is 76.0 cm³/mol. The smallest absolute Gasteiger partial charge is 0.416 e. The first-order chi connectivity index (χ1) is 10.6. The van der Waals surface area contributed by atoms with Crippen LogP contribution in [0.1, 0.15) is 5.56 Å². The molecule has 3 rings (SSSR count). The number of ether oxygens (including phenoxy) is 2. The lowest BCUT2D eigenvalue weighted by atomic mass is 10.1. The van der Waals surface area contributed by atoms with Crippen molar-refractivity contribution >= 4 is 28.9 Å². The molecule has 0 atom stereocenters. The number of carbonyl (C=O) groups excluding carboxylic acids is 3. The molecule has 0 unspecified atom stereocenters. The van der Waals surface area contributed by atoms with Crippen molar-refractivity contribution in [2.45, 2.75) is 6.42 Å². The zero-order valence-electron chi connectivity index (χ0n) is 11.7. The van der Waals surface area contributed by atoms with Gasteiger partial charge in [0.25, 0.3) is 5.91 Å². The molecule has 1 aromatic heterocycles. The molecule has 7 nitrogen and oxygen atoms in total. The Morgan fingerprint density at radius 2 is 2.14 bits per heavy atom. The standard InChI is InChI=1S/C15H14N2O5/c18-13(17-5-6-21-15(17)20)9-22-14(19)7-10-8-16-12-4-2-1-3-11(10)12/h1-4,8,16H,5-7,9H2. The molecule has 22 heavy (non-hydrogen) atoms. The fourth-order valence-corrected chi connectivity index (χ4v) is 2.32. The highest BCUT2D eigenvalue weighted by molar-refractivity contribution is 5.94. The molecule has 1 N–H and O–H groups in total. The number of nitrogens with one attached hydrogen (secondary N) is 1. The van der Waals surface area contributed by atoms with Crippen molar-refractivity contribution in [3.8, 4) is 0 Å². The van der Waals surface area contributed by atoms with E-state index in [1.165, 1.54) is 0 Å².